The Kier molecular flexibility index (Phi) is 5.09. The second-order valence-corrected chi connectivity index (χ2v) is 6.17. The summed E-state index contributed by atoms with van der Waals surface area (Å²) < 4.78 is 37.7. The first-order chi connectivity index (χ1) is 11.5. The minimum absolute atomic E-state index is 0.409. The highest BCUT2D eigenvalue weighted by molar-refractivity contribution is 5.46. The van der Waals surface area contributed by atoms with E-state index in [-0.39, 0.29) is 0 Å². The van der Waals surface area contributed by atoms with E-state index in [1.54, 1.807) is 12.1 Å². The number of nitrogens with one attached hydrogen (secondary N) is 1. The summed E-state index contributed by atoms with van der Waals surface area (Å²) in [6.07, 6.45) is -2.19. The Morgan fingerprint density at radius 3 is 2.12 bits per heavy atom. The van der Waals surface area contributed by atoms with Crippen LogP contribution in [0.1, 0.15) is 24.0 Å². The molecule has 3 rings (SSSR count). The van der Waals surface area contributed by atoms with Crippen LogP contribution in [0.3, 0.4) is 0 Å². The van der Waals surface area contributed by atoms with Gasteiger partial charge in [0.15, 0.2) is 0 Å². The second kappa shape index (κ2) is 7.26. The molecule has 1 aliphatic rings. The third-order valence-electron chi connectivity index (χ3n) is 4.49. The number of nitrogens with zero attached hydrogens (tertiary/aromatic N) is 1. The van der Waals surface area contributed by atoms with Crippen molar-refractivity contribution in [3.8, 4) is 0 Å². The zero-order valence-electron chi connectivity index (χ0n) is 13.4. The van der Waals surface area contributed by atoms with E-state index in [9.17, 15) is 13.2 Å². The average Bonchev–Trinajstić information content (AvgIpc) is 2.61. The molecule has 0 spiro atoms. The molecule has 5 heteroatoms. The van der Waals surface area contributed by atoms with Crippen molar-refractivity contribution in [2.45, 2.75) is 31.6 Å². The molecule has 1 aliphatic heterocycles. The van der Waals surface area contributed by atoms with Crippen molar-refractivity contribution in [3.05, 3.63) is 65.7 Å². The highest BCUT2D eigenvalue weighted by Crippen LogP contribution is 2.29. The fraction of sp³-hybridized carbons (Fsp3) is 0.368. The summed E-state index contributed by atoms with van der Waals surface area (Å²) in [6.45, 7) is 2.59. The van der Waals surface area contributed by atoms with Gasteiger partial charge in [-0.05, 0) is 42.7 Å². The molecule has 1 fully saturated rings. The lowest BCUT2D eigenvalue weighted by Crippen LogP contribution is -2.42. The maximum atomic E-state index is 12.6. The molecule has 1 saturated heterocycles. The van der Waals surface area contributed by atoms with Crippen LogP contribution in [0, 0.1) is 0 Å². The molecule has 0 aromatic heterocycles. The molecule has 0 unspecified atom stereocenters. The van der Waals surface area contributed by atoms with Crippen molar-refractivity contribution in [1.82, 2.24) is 5.32 Å². The fourth-order valence-electron chi connectivity index (χ4n) is 3.05. The molecule has 0 aliphatic carbocycles. The van der Waals surface area contributed by atoms with Gasteiger partial charge in [-0.15, -0.1) is 0 Å². The van der Waals surface area contributed by atoms with E-state index < -0.39 is 11.7 Å². The summed E-state index contributed by atoms with van der Waals surface area (Å²) in [5, 5.41) is 3.46. The molecule has 1 N–H and O–H groups in total. The number of rotatable bonds is 4. The number of alkyl halides is 3. The third-order valence-corrected chi connectivity index (χ3v) is 4.49. The predicted molar refractivity (Wildman–Crippen MR) is 90.0 cm³/mol. The van der Waals surface area contributed by atoms with Crippen LogP contribution in [0.15, 0.2) is 54.6 Å². The molecule has 0 saturated carbocycles. The van der Waals surface area contributed by atoms with E-state index in [2.05, 4.69) is 22.3 Å². The van der Waals surface area contributed by atoms with Gasteiger partial charge in [0, 0.05) is 31.4 Å². The van der Waals surface area contributed by atoms with Crippen LogP contribution in [0.5, 0.6) is 0 Å². The number of benzene rings is 2. The Bertz CT molecular complexity index is 630. The van der Waals surface area contributed by atoms with Crippen LogP contribution < -0.4 is 10.2 Å². The molecule has 2 aromatic rings. The number of hydrogen-bond donors (Lipinski definition) is 1. The van der Waals surface area contributed by atoms with Gasteiger partial charge in [-0.3, -0.25) is 0 Å². The fourth-order valence-corrected chi connectivity index (χ4v) is 3.05. The molecular formula is C19H21F3N2. The highest BCUT2D eigenvalue weighted by atomic mass is 19.4. The van der Waals surface area contributed by atoms with E-state index in [0.29, 0.717) is 12.6 Å². The number of anilines is 1. The van der Waals surface area contributed by atoms with Gasteiger partial charge in [0.1, 0.15) is 0 Å². The summed E-state index contributed by atoms with van der Waals surface area (Å²) in [5.41, 5.74) is 1.54. The summed E-state index contributed by atoms with van der Waals surface area (Å²) in [7, 11) is 0. The molecule has 0 radical (unpaired) electrons. The molecule has 1 heterocycles. The van der Waals surface area contributed by atoms with E-state index in [4.69, 9.17) is 0 Å². The Labute approximate surface area is 140 Å². The number of halogens is 3. The van der Waals surface area contributed by atoms with Crippen molar-refractivity contribution in [1.29, 1.82) is 0 Å². The quantitative estimate of drug-likeness (QED) is 0.888. The summed E-state index contributed by atoms with van der Waals surface area (Å²) in [6, 6.07) is 16.2. The van der Waals surface area contributed by atoms with Crippen molar-refractivity contribution >= 4 is 5.69 Å². The Morgan fingerprint density at radius 2 is 1.54 bits per heavy atom. The van der Waals surface area contributed by atoms with Crippen LogP contribution in [0.25, 0.3) is 0 Å². The third kappa shape index (κ3) is 4.29. The maximum Gasteiger partial charge on any atom is 0.416 e. The van der Waals surface area contributed by atoms with Gasteiger partial charge in [-0.25, -0.2) is 0 Å². The second-order valence-electron chi connectivity index (χ2n) is 6.17. The SMILES string of the molecule is FC(F)(F)c1ccc(CNC2CCN(c3ccccc3)CC2)cc1. The Balaban J connectivity index is 1.47. The van der Waals surface area contributed by atoms with Crippen molar-refractivity contribution in [2.75, 3.05) is 18.0 Å². The molecule has 128 valence electrons. The molecule has 24 heavy (non-hydrogen) atoms. The van der Waals surface area contributed by atoms with Gasteiger partial charge in [0.25, 0.3) is 0 Å². The molecule has 0 amide bonds. The first-order valence-corrected chi connectivity index (χ1v) is 8.22. The largest absolute Gasteiger partial charge is 0.416 e. The smallest absolute Gasteiger partial charge is 0.371 e. The van der Waals surface area contributed by atoms with Gasteiger partial charge in [-0.1, -0.05) is 30.3 Å². The lowest BCUT2D eigenvalue weighted by molar-refractivity contribution is -0.137. The van der Waals surface area contributed by atoms with E-state index in [0.717, 1.165) is 43.6 Å². The van der Waals surface area contributed by atoms with E-state index >= 15 is 0 Å². The zero-order valence-corrected chi connectivity index (χ0v) is 13.4. The number of para-hydroxylation sites is 1. The van der Waals surface area contributed by atoms with E-state index in [1.165, 1.54) is 5.69 Å². The average molecular weight is 334 g/mol. The van der Waals surface area contributed by atoms with Gasteiger partial charge in [0.2, 0.25) is 0 Å². The lowest BCUT2D eigenvalue weighted by atomic mass is 10.0. The van der Waals surface area contributed by atoms with Gasteiger partial charge >= 0.3 is 6.18 Å². The molecule has 0 atom stereocenters. The zero-order chi connectivity index (χ0) is 17.0. The number of piperidine rings is 1. The van der Waals surface area contributed by atoms with Crippen molar-refractivity contribution < 1.29 is 13.2 Å². The normalized spacial score (nSPS) is 16.4. The Hall–Kier alpha value is -2.01. The molecule has 2 nitrogen and oxygen atoms in total. The topological polar surface area (TPSA) is 15.3 Å². The lowest BCUT2D eigenvalue weighted by Gasteiger charge is -2.34. The van der Waals surface area contributed by atoms with Crippen LogP contribution in [-0.4, -0.2) is 19.1 Å². The van der Waals surface area contributed by atoms with Crippen LogP contribution in [-0.2, 0) is 12.7 Å². The minimum Gasteiger partial charge on any atom is -0.371 e. The number of hydrogen-bond acceptors (Lipinski definition) is 2. The molecular weight excluding hydrogens is 313 g/mol. The van der Waals surface area contributed by atoms with Gasteiger partial charge in [-0.2, -0.15) is 13.2 Å². The first kappa shape index (κ1) is 16.8. The predicted octanol–water partition coefficient (Wildman–Crippen LogP) is 4.46. The van der Waals surface area contributed by atoms with Gasteiger partial charge < -0.3 is 10.2 Å². The first-order valence-electron chi connectivity index (χ1n) is 8.22. The summed E-state index contributed by atoms with van der Waals surface area (Å²) >= 11 is 0. The summed E-state index contributed by atoms with van der Waals surface area (Å²) in [5.74, 6) is 0. The van der Waals surface area contributed by atoms with Crippen molar-refractivity contribution in [2.24, 2.45) is 0 Å². The van der Waals surface area contributed by atoms with Crippen LogP contribution in [0.2, 0.25) is 0 Å². The van der Waals surface area contributed by atoms with E-state index in [1.807, 2.05) is 18.2 Å². The molecule has 2 aromatic carbocycles. The van der Waals surface area contributed by atoms with Gasteiger partial charge in [0.05, 0.1) is 5.56 Å². The monoisotopic (exact) mass is 334 g/mol. The summed E-state index contributed by atoms with van der Waals surface area (Å²) in [4.78, 5) is 2.37. The standard InChI is InChI=1S/C19H21F3N2/c20-19(21,22)16-8-6-15(7-9-16)14-23-17-10-12-24(13-11-17)18-4-2-1-3-5-18/h1-9,17,23H,10-14H2. The maximum absolute atomic E-state index is 12.6. The molecule has 0 bridgehead atoms. The highest BCUT2D eigenvalue weighted by Gasteiger charge is 2.29. The van der Waals surface area contributed by atoms with Crippen LogP contribution in [0.4, 0.5) is 18.9 Å². The Morgan fingerprint density at radius 1 is 0.917 bits per heavy atom. The van der Waals surface area contributed by atoms with Crippen LogP contribution >= 0.6 is 0 Å². The minimum atomic E-state index is -4.27. The van der Waals surface area contributed by atoms with Crippen molar-refractivity contribution in [3.63, 3.8) is 0 Å².